The molecule has 0 saturated carbocycles. The first-order valence-corrected chi connectivity index (χ1v) is 6.24. The van der Waals surface area contributed by atoms with Crippen LogP contribution in [0.2, 0.25) is 5.02 Å². The fraction of sp³-hybridized carbons (Fsp3) is 0.500. The van der Waals surface area contributed by atoms with Gasteiger partial charge in [-0.1, -0.05) is 24.6 Å². The molecule has 0 heterocycles. The summed E-state index contributed by atoms with van der Waals surface area (Å²) in [5, 5.41) is 23.7. The molecule has 1 atom stereocenters. The van der Waals surface area contributed by atoms with Gasteiger partial charge in [-0.05, 0) is 25.5 Å². The molecule has 0 radical (unpaired) electrons. The monoisotopic (exact) mass is 272 g/mol. The van der Waals surface area contributed by atoms with E-state index in [1.807, 2.05) is 6.92 Å². The third-order valence-electron chi connectivity index (χ3n) is 2.72. The van der Waals surface area contributed by atoms with Crippen LogP contribution in [0.15, 0.2) is 18.2 Å². The van der Waals surface area contributed by atoms with Crippen molar-refractivity contribution >= 4 is 17.3 Å². The Kier molecular flexibility index (Phi) is 6.04. The first kappa shape index (κ1) is 14.9. The predicted molar refractivity (Wildman–Crippen MR) is 70.7 cm³/mol. The highest BCUT2D eigenvalue weighted by molar-refractivity contribution is 6.31. The van der Waals surface area contributed by atoms with E-state index < -0.39 is 4.92 Å². The van der Waals surface area contributed by atoms with Crippen LogP contribution in [0.4, 0.5) is 5.69 Å². The summed E-state index contributed by atoms with van der Waals surface area (Å²) >= 11 is 5.95. The van der Waals surface area contributed by atoms with Gasteiger partial charge in [0.05, 0.1) is 21.6 Å². The molecule has 0 aliphatic carbocycles. The lowest BCUT2D eigenvalue weighted by atomic mass is 10.1. The number of hydrogen-bond donors (Lipinski definition) is 2. The van der Waals surface area contributed by atoms with E-state index >= 15 is 0 Å². The lowest BCUT2D eigenvalue weighted by Gasteiger charge is -2.09. The lowest BCUT2D eigenvalue weighted by molar-refractivity contribution is -0.385. The van der Waals surface area contributed by atoms with Crippen molar-refractivity contribution < 1.29 is 10.0 Å². The molecule has 0 fully saturated rings. The molecular weight excluding hydrogens is 256 g/mol. The molecule has 1 unspecified atom stereocenters. The van der Waals surface area contributed by atoms with E-state index in [1.54, 1.807) is 12.1 Å². The van der Waals surface area contributed by atoms with Gasteiger partial charge in [-0.25, -0.2) is 0 Å². The first-order chi connectivity index (χ1) is 8.56. The van der Waals surface area contributed by atoms with E-state index in [0.717, 1.165) is 0 Å². The Morgan fingerprint density at radius 3 is 2.89 bits per heavy atom. The van der Waals surface area contributed by atoms with Crippen molar-refractivity contribution in [1.29, 1.82) is 0 Å². The molecule has 0 bridgehead atoms. The Morgan fingerprint density at radius 1 is 1.56 bits per heavy atom. The van der Waals surface area contributed by atoms with Crippen molar-refractivity contribution in [3.8, 4) is 0 Å². The second kappa shape index (κ2) is 7.31. The van der Waals surface area contributed by atoms with Gasteiger partial charge < -0.3 is 10.4 Å². The molecular formula is C12H17ClN2O3. The van der Waals surface area contributed by atoms with E-state index in [0.29, 0.717) is 36.5 Å². The molecule has 2 N–H and O–H groups in total. The summed E-state index contributed by atoms with van der Waals surface area (Å²) in [5.74, 6) is 0. The zero-order valence-corrected chi connectivity index (χ0v) is 11.0. The van der Waals surface area contributed by atoms with Crippen molar-refractivity contribution in [3.05, 3.63) is 38.9 Å². The standard InChI is InChI=1S/C12H17ClN2O3/c1-2-9(16)6-7-14-8-10-11(13)4-3-5-12(10)15(17)18/h3-5,9,14,16H,2,6-8H2,1H3. The van der Waals surface area contributed by atoms with Gasteiger partial charge in [0.1, 0.15) is 0 Å². The highest BCUT2D eigenvalue weighted by Crippen LogP contribution is 2.25. The molecule has 1 rings (SSSR count). The number of benzene rings is 1. The summed E-state index contributed by atoms with van der Waals surface area (Å²) < 4.78 is 0. The zero-order valence-electron chi connectivity index (χ0n) is 10.2. The Balaban J connectivity index is 2.59. The van der Waals surface area contributed by atoms with Crippen LogP contribution < -0.4 is 5.32 Å². The summed E-state index contributed by atoms with van der Waals surface area (Å²) in [5.41, 5.74) is 0.501. The SMILES string of the molecule is CCC(O)CCNCc1c(Cl)cccc1[N+](=O)[O-]. The van der Waals surface area contributed by atoms with Gasteiger partial charge in [-0.2, -0.15) is 0 Å². The minimum absolute atomic E-state index is 0.0195. The van der Waals surface area contributed by atoms with Gasteiger partial charge in [-0.3, -0.25) is 10.1 Å². The van der Waals surface area contributed by atoms with Crippen LogP contribution in [0.5, 0.6) is 0 Å². The minimum Gasteiger partial charge on any atom is -0.393 e. The zero-order chi connectivity index (χ0) is 13.5. The summed E-state index contributed by atoms with van der Waals surface area (Å²) in [6.45, 7) is 2.83. The van der Waals surface area contributed by atoms with Gasteiger partial charge in [0.2, 0.25) is 0 Å². The molecule has 0 aromatic heterocycles. The number of rotatable bonds is 7. The van der Waals surface area contributed by atoms with Crippen molar-refractivity contribution in [1.82, 2.24) is 5.32 Å². The van der Waals surface area contributed by atoms with Crippen molar-refractivity contribution in [3.63, 3.8) is 0 Å². The highest BCUT2D eigenvalue weighted by atomic mass is 35.5. The van der Waals surface area contributed by atoms with Crippen LogP contribution in [-0.2, 0) is 6.54 Å². The fourth-order valence-electron chi connectivity index (χ4n) is 1.58. The maximum atomic E-state index is 10.8. The van der Waals surface area contributed by atoms with Crippen molar-refractivity contribution in [2.75, 3.05) is 6.54 Å². The topological polar surface area (TPSA) is 75.4 Å². The van der Waals surface area contributed by atoms with E-state index in [9.17, 15) is 15.2 Å². The average Bonchev–Trinajstić information content (AvgIpc) is 2.35. The van der Waals surface area contributed by atoms with Crippen molar-refractivity contribution in [2.45, 2.75) is 32.4 Å². The number of nitro groups is 1. The molecule has 5 nitrogen and oxygen atoms in total. The summed E-state index contributed by atoms with van der Waals surface area (Å²) in [7, 11) is 0. The van der Waals surface area contributed by atoms with Crippen LogP contribution in [-0.4, -0.2) is 22.7 Å². The largest absolute Gasteiger partial charge is 0.393 e. The van der Waals surface area contributed by atoms with Crippen LogP contribution >= 0.6 is 11.6 Å². The molecule has 18 heavy (non-hydrogen) atoms. The summed E-state index contributed by atoms with van der Waals surface area (Å²) in [6.07, 6.45) is 0.988. The van der Waals surface area contributed by atoms with Gasteiger partial charge in [0.25, 0.3) is 5.69 Å². The lowest BCUT2D eigenvalue weighted by Crippen LogP contribution is -2.20. The molecule has 100 valence electrons. The first-order valence-electron chi connectivity index (χ1n) is 5.86. The highest BCUT2D eigenvalue weighted by Gasteiger charge is 2.15. The van der Waals surface area contributed by atoms with Gasteiger partial charge in [0, 0.05) is 12.6 Å². The quantitative estimate of drug-likeness (QED) is 0.454. The number of hydrogen-bond acceptors (Lipinski definition) is 4. The number of aliphatic hydroxyl groups excluding tert-OH is 1. The predicted octanol–water partition coefficient (Wildman–Crippen LogP) is 2.50. The smallest absolute Gasteiger partial charge is 0.275 e. The average molecular weight is 273 g/mol. The third-order valence-corrected chi connectivity index (χ3v) is 3.07. The normalized spacial score (nSPS) is 12.4. The number of nitrogens with one attached hydrogen (secondary N) is 1. The third kappa shape index (κ3) is 4.25. The molecule has 0 amide bonds. The van der Waals surface area contributed by atoms with E-state index in [1.165, 1.54) is 6.07 Å². The molecule has 0 saturated heterocycles. The number of aliphatic hydroxyl groups is 1. The van der Waals surface area contributed by atoms with Crippen LogP contribution in [0, 0.1) is 10.1 Å². The summed E-state index contributed by atoms with van der Waals surface area (Å²) in [6, 6.07) is 4.63. The number of nitro benzene ring substituents is 1. The van der Waals surface area contributed by atoms with Gasteiger partial charge in [0.15, 0.2) is 0 Å². The maximum Gasteiger partial charge on any atom is 0.275 e. The van der Waals surface area contributed by atoms with E-state index in [4.69, 9.17) is 11.6 Å². The van der Waals surface area contributed by atoms with Crippen LogP contribution in [0.1, 0.15) is 25.3 Å². The second-order valence-electron chi connectivity index (χ2n) is 4.02. The molecule has 0 spiro atoms. The Hall–Kier alpha value is -1.17. The van der Waals surface area contributed by atoms with Crippen molar-refractivity contribution in [2.24, 2.45) is 0 Å². The van der Waals surface area contributed by atoms with Gasteiger partial charge in [-0.15, -0.1) is 0 Å². The summed E-state index contributed by atoms with van der Waals surface area (Å²) in [4.78, 5) is 10.4. The van der Waals surface area contributed by atoms with Crippen LogP contribution in [0.25, 0.3) is 0 Å². The molecule has 1 aromatic rings. The Bertz CT molecular complexity index is 412. The second-order valence-corrected chi connectivity index (χ2v) is 4.43. The van der Waals surface area contributed by atoms with Crippen LogP contribution in [0.3, 0.4) is 0 Å². The fourth-order valence-corrected chi connectivity index (χ4v) is 1.82. The number of halogens is 1. The maximum absolute atomic E-state index is 10.8. The molecule has 6 heteroatoms. The molecule has 0 aliphatic rings. The molecule has 0 aliphatic heterocycles. The van der Waals surface area contributed by atoms with E-state index in [-0.39, 0.29) is 11.8 Å². The minimum atomic E-state index is -0.441. The Morgan fingerprint density at radius 2 is 2.28 bits per heavy atom. The Labute approximate surface area is 111 Å². The van der Waals surface area contributed by atoms with Gasteiger partial charge >= 0.3 is 0 Å². The number of nitrogens with zero attached hydrogens (tertiary/aromatic N) is 1. The van der Waals surface area contributed by atoms with E-state index in [2.05, 4.69) is 5.32 Å². The molecule has 1 aromatic carbocycles.